The van der Waals surface area contributed by atoms with Crippen molar-refractivity contribution in [1.29, 1.82) is 0 Å². The Morgan fingerprint density at radius 3 is 2.17 bits per heavy atom. The number of aromatic nitrogens is 2. The molecular weight excluding hydrogens is 468 g/mol. The number of unbranched alkanes of at least 4 members (excludes halogenated alkanes) is 1. The van der Waals surface area contributed by atoms with Gasteiger partial charge >= 0.3 is 11.9 Å². The highest BCUT2D eigenvalue weighted by Crippen LogP contribution is 2.58. The number of nitrogens with zero attached hydrogens (tertiary/aromatic N) is 2. The first-order valence-electron chi connectivity index (χ1n) is 11.7. The molecule has 0 saturated heterocycles. The van der Waals surface area contributed by atoms with Crippen LogP contribution in [0.1, 0.15) is 75.7 Å². The van der Waals surface area contributed by atoms with E-state index in [0.717, 1.165) is 46.5 Å². The summed E-state index contributed by atoms with van der Waals surface area (Å²) >= 11 is 6.23. The second-order valence-corrected chi connectivity index (χ2v) is 9.65. The van der Waals surface area contributed by atoms with Crippen LogP contribution in [0.3, 0.4) is 0 Å². The largest absolute Gasteiger partial charge is 0.481 e. The average Bonchev–Trinajstić information content (AvgIpc) is 3.15. The predicted octanol–water partition coefficient (Wildman–Crippen LogP) is 4.73. The molecule has 3 aliphatic rings. The van der Waals surface area contributed by atoms with Gasteiger partial charge in [0.1, 0.15) is 11.5 Å². The van der Waals surface area contributed by atoms with E-state index in [-0.39, 0.29) is 5.15 Å². The summed E-state index contributed by atoms with van der Waals surface area (Å²) in [6, 6.07) is 13.3. The first kappa shape index (κ1) is 23.3. The van der Waals surface area contributed by atoms with E-state index in [2.05, 4.69) is 11.9 Å². The number of carbonyl (C=O) groups is 3. The number of halogens is 1. The van der Waals surface area contributed by atoms with Crippen LogP contribution in [0.4, 0.5) is 0 Å². The van der Waals surface area contributed by atoms with Gasteiger partial charge in [-0.05, 0) is 34.2 Å². The molecule has 4 atom stereocenters. The van der Waals surface area contributed by atoms with Crippen molar-refractivity contribution < 1.29 is 24.6 Å². The Kier molecular flexibility index (Phi) is 5.97. The van der Waals surface area contributed by atoms with Crippen LogP contribution in [-0.4, -0.2) is 38.0 Å². The van der Waals surface area contributed by atoms with E-state index in [9.17, 15) is 24.6 Å². The fourth-order valence-corrected chi connectivity index (χ4v) is 6.19. The zero-order chi connectivity index (χ0) is 24.9. The molecule has 1 heterocycles. The third-order valence-corrected chi connectivity index (χ3v) is 7.69. The molecular formula is C27H25ClN2O5. The molecule has 0 fully saturated rings. The Labute approximate surface area is 207 Å². The second-order valence-electron chi connectivity index (χ2n) is 9.29. The summed E-state index contributed by atoms with van der Waals surface area (Å²) in [6.45, 7) is 2.44. The van der Waals surface area contributed by atoms with Crippen molar-refractivity contribution in [3.63, 3.8) is 0 Å². The number of carboxylic acid groups (broad SMARTS) is 2. The van der Waals surface area contributed by atoms with Crippen molar-refractivity contribution in [1.82, 2.24) is 9.55 Å². The maximum Gasteiger partial charge on any atom is 0.308 e. The molecule has 180 valence electrons. The van der Waals surface area contributed by atoms with Gasteiger partial charge in [-0.15, -0.1) is 0 Å². The number of aliphatic carboxylic acids is 2. The third-order valence-electron chi connectivity index (χ3n) is 7.41. The van der Waals surface area contributed by atoms with E-state index in [0.29, 0.717) is 24.9 Å². The minimum atomic E-state index is -1.11. The van der Waals surface area contributed by atoms with Crippen molar-refractivity contribution in [2.75, 3.05) is 0 Å². The standard InChI is InChI=1S/C27H25ClN2O5/c1-2-3-8-20-29-25(28)19(13-31)30(20)12-14-9-10-17-18(11-14)22-16-7-5-4-6-15(16)21(17)23(26(32)33)24(22)27(34)35/h4-7,9-11,13,21-24H,2-3,8,12H2,1H3,(H,32,33)(H,34,35)/t21-,22-,23-,24-/m1/s1. The van der Waals surface area contributed by atoms with E-state index in [1.807, 2.05) is 47.0 Å². The zero-order valence-corrected chi connectivity index (χ0v) is 19.9. The molecule has 2 N–H and O–H groups in total. The molecule has 6 rings (SSSR count). The summed E-state index contributed by atoms with van der Waals surface area (Å²) in [5.41, 5.74) is 4.64. The number of hydrogen-bond acceptors (Lipinski definition) is 4. The molecule has 2 aromatic carbocycles. The molecule has 7 nitrogen and oxygen atoms in total. The van der Waals surface area contributed by atoms with E-state index >= 15 is 0 Å². The predicted molar refractivity (Wildman–Crippen MR) is 129 cm³/mol. The van der Waals surface area contributed by atoms with Gasteiger partial charge in [-0.25, -0.2) is 4.98 Å². The number of carboxylic acids is 2. The van der Waals surface area contributed by atoms with Crippen LogP contribution >= 0.6 is 11.6 Å². The SMILES string of the molecule is CCCCc1nc(Cl)c(C=O)n1Cc1ccc2c(c1)[C@H]1c3ccccc3[C@H]2[C@@H](C(=O)O)[C@@H]1C(=O)O. The van der Waals surface area contributed by atoms with Gasteiger partial charge in [0.25, 0.3) is 0 Å². The number of rotatable bonds is 8. The molecule has 0 aliphatic heterocycles. The lowest BCUT2D eigenvalue weighted by Gasteiger charge is -2.47. The lowest BCUT2D eigenvalue weighted by atomic mass is 9.54. The molecule has 3 aliphatic carbocycles. The maximum absolute atomic E-state index is 12.4. The van der Waals surface area contributed by atoms with Crippen LogP contribution in [-0.2, 0) is 22.6 Å². The van der Waals surface area contributed by atoms with E-state index < -0.39 is 35.6 Å². The van der Waals surface area contributed by atoms with Gasteiger partial charge < -0.3 is 14.8 Å². The summed E-state index contributed by atoms with van der Waals surface area (Å²) in [6.07, 6.45) is 3.28. The van der Waals surface area contributed by atoms with Crippen molar-refractivity contribution >= 4 is 29.8 Å². The summed E-state index contributed by atoms with van der Waals surface area (Å²) in [5, 5.41) is 20.3. The van der Waals surface area contributed by atoms with Gasteiger partial charge in [0.2, 0.25) is 0 Å². The fraction of sp³-hybridized carbons (Fsp3) is 0.333. The molecule has 0 unspecified atom stereocenters. The molecule has 0 radical (unpaired) electrons. The van der Waals surface area contributed by atoms with Gasteiger partial charge in [0.15, 0.2) is 11.4 Å². The fourth-order valence-electron chi connectivity index (χ4n) is 5.95. The van der Waals surface area contributed by atoms with Gasteiger partial charge in [-0.3, -0.25) is 14.4 Å². The average molecular weight is 493 g/mol. The highest BCUT2D eigenvalue weighted by Gasteiger charge is 2.55. The monoisotopic (exact) mass is 492 g/mol. The number of carbonyl (C=O) groups excluding carboxylic acids is 1. The van der Waals surface area contributed by atoms with Gasteiger partial charge in [-0.1, -0.05) is 67.4 Å². The quantitative estimate of drug-likeness (QED) is 0.440. The smallest absolute Gasteiger partial charge is 0.308 e. The van der Waals surface area contributed by atoms with Crippen molar-refractivity contribution in [3.8, 4) is 0 Å². The van der Waals surface area contributed by atoms with Crippen LogP contribution < -0.4 is 0 Å². The van der Waals surface area contributed by atoms with E-state index in [4.69, 9.17) is 11.6 Å². The van der Waals surface area contributed by atoms with Crippen molar-refractivity contribution in [2.45, 2.75) is 44.6 Å². The maximum atomic E-state index is 12.4. The van der Waals surface area contributed by atoms with Crippen LogP contribution in [0.5, 0.6) is 0 Å². The summed E-state index contributed by atoms with van der Waals surface area (Å²) in [4.78, 5) is 40.8. The van der Waals surface area contributed by atoms with E-state index in [1.54, 1.807) is 0 Å². The summed E-state index contributed by atoms with van der Waals surface area (Å²) in [7, 11) is 0. The van der Waals surface area contributed by atoms with Gasteiger partial charge in [0.05, 0.1) is 11.8 Å². The topological polar surface area (TPSA) is 109 Å². The minimum Gasteiger partial charge on any atom is -0.481 e. The second kappa shape index (κ2) is 8.96. The van der Waals surface area contributed by atoms with E-state index in [1.165, 1.54) is 0 Å². The molecule has 0 spiro atoms. The van der Waals surface area contributed by atoms with Crippen molar-refractivity contribution in [3.05, 3.63) is 87.0 Å². The highest BCUT2D eigenvalue weighted by molar-refractivity contribution is 6.31. The lowest BCUT2D eigenvalue weighted by molar-refractivity contribution is -0.156. The molecule has 1 aromatic heterocycles. The van der Waals surface area contributed by atoms with Gasteiger partial charge in [-0.2, -0.15) is 0 Å². The first-order valence-corrected chi connectivity index (χ1v) is 12.1. The Balaban J connectivity index is 1.62. The number of imidazole rings is 1. The Hall–Kier alpha value is -3.45. The number of hydrogen-bond donors (Lipinski definition) is 2. The number of benzene rings is 2. The van der Waals surface area contributed by atoms with Crippen molar-refractivity contribution in [2.24, 2.45) is 11.8 Å². The number of aldehydes is 1. The molecule has 8 heteroatoms. The molecule has 2 bridgehead atoms. The summed E-state index contributed by atoms with van der Waals surface area (Å²) < 4.78 is 1.82. The Morgan fingerprint density at radius 1 is 1.00 bits per heavy atom. The lowest BCUT2D eigenvalue weighted by Crippen LogP contribution is -2.47. The summed E-state index contributed by atoms with van der Waals surface area (Å²) in [5.74, 6) is -4.68. The Bertz CT molecular complexity index is 1350. The highest BCUT2D eigenvalue weighted by atomic mass is 35.5. The third kappa shape index (κ3) is 3.65. The zero-order valence-electron chi connectivity index (χ0n) is 19.1. The van der Waals surface area contributed by atoms with Crippen LogP contribution in [0.15, 0.2) is 42.5 Å². The van der Waals surface area contributed by atoms with Gasteiger partial charge in [0, 0.05) is 24.8 Å². The first-order chi connectivity index (χ1) is 16.9. The number of fused-ring (bicyclic) bond motifs is 1. The normalized spacial score (nSPS) is 21.9. The minimum absolute atomic E-state index is 0.173. The number of aryl methyl sites for hydroxylation is 1. The Morgan fingerprint density at radius 2 is 1.60 bits per heavy atom. The molecule has 0 amide bonds. The van der Waals surface area contributed by atoms with Crippen LogP contribution in [0.25, 0.3) is 0 Å². The van der Waals surface area contributed by atoms with Crippen LogP contribution in [0.2, 0.25) is 5.15 Å². The molecule has 0 saturated carbocycles. The molecule has 35 heavy (non-hydrogen) atoms. The van der Waals surface area contributed by atoms with Crippen LogP contribution in [0, 0.1) is 11.8 Å². The molecule has 3 aromatic rings.